The summed E-state index contributed by atoms with van der Waals surface area (Å²) >= 11 is 0. The molecule has 0 radical (unpaired) electrons. The van der Waals surface area contributed by atoms with Gasteiger partial charge in [0.2, 0.25) is 0 Å². The Hall–Kier alpha value is -1.72. The highest BCUT2D eigenvalue weighted by molar-refractivity contribution is 5.25. The first-order valence-corrected chi connectivity index (χ1v) is 7.42. The van der Waals surface area contributed by atoms with Crippen molar-refractivity contribution in [3.63, 3.8) is 0 Å². The second-order valence-corrected chi connectivity index (χ2v) is 5.41. The molecule has 1 unspecified atom stereocenters. The fraction of sp³-hybridized carbons (Fsp3) is 0.438. The lowest BCUT2D eigenvalue weighted by molar-refractivity contribution is 0.266. The van der Waals surface area contributed by atoms with Crippen LogP contribution in [0.4, 0.5) is 4.39 Å². The molecule has 21 heavy (non-hydrogen) atoms. The number of fused-ring (bicyclic) bond motifs is 1. The number of aliphatic hydroxyl groups excluding tert-OH is 1. The molecule has 0 amide bonds. The Balaban J connectivity index is 1.72. The van der Waals surface area contributed by atoms with Gasteiger partial charge in [-0.3, -0.25) is 4.68 Å². The number of nitrogens with one attached hydrogen (secondary N) is 1. The van der Waals surface area contributed by atoms with Crippen molar-refractivity contribution in [3.8, 4) is 0 Å². The third-order valence-electron chi connectivity index (χ3n) is 4.07. The minimum Gasteiger partial charge on any atom is -0.394 e. The van der Waals surface area contributed by atoms with Crippen LogP contribution in [0.25, 0.3) is 0 Å². The number of aromatic nitrogens is 2. The fourth-order valence-electron chi connectivity index (χ4n) is 2.99. The van der Waals surface area contributed by atoms with Crippen molar-refractivity contribution in [2.24, 2.45) is 0 Å². The van der Waals surface area contributed by atoms with Gasteiger partial charge in [-0.15, -0.1) is 0 Å². The van der Waals surface area contributed by atoms with Gasteiger partial charge in [0.15, 0.2) is 0 Å². The number of halogens is 1. The summed E-state index contributed by atoms with van der Waals surface area (Å²) < 4.78 is 15.5. The minimum atomic E-state index is -0.169. The van der Waals surface area contributed by atoms with Crippen LogP contribution in [0.15, 0.2) is 30.5 Å². The summed E-state index contributed by atoms with van der Waals surface area (Å²) in [5, 5.41) is 16.9. The molecule has 0 spiro atoms. The molecule has 0 fully saturated rings. The molecule has 0 aliphatic heterocycles. The number of hydrogen-bond acceptors (Lipinski definition) is 3. The van der Waals surface area contributed by atoms with E-state index in [0.29, 0.717) is 18.7 Å². The molecule has 1 aromatic carbocycles. The van der Waals surface area contributed by atoms with Crippen molar-refractivity contribution in [2.75, 3.05) is 6.61 Å². The average Bonchev–Trinajstić information content (AvgIpc) is 2.91. The summed E-state index contributed by atoms with van der Waals surface area (Å²) in [6.07, 6.45) is 4.99. The lowest BCUT2D eigenvalue weighted by Gasteiger charge is -2.24. The second kappa shape index (κ2) is 6.37. The van der Waals surface area contributed by atoms with Gasteiger partial charge in [-0.1, -0.05) is 18.2 Å². The molecule has 3 rings (SSSR count). The topological polar surface area (TPSA) is 50.1 Å². The van der Waals surface area contributed by atoms with Crippen molar-refractivity contribution in [1.29, 1.82) is 0 Å². The average molecular weight is 289 g/mol. The SMILES string of the molecule is OCCn1ncc2c1CCCC2NCc1ccccc1F. The van der Waals surface area contributed by atoms with E-state index < -0.39 is 0 Å². The molecule has 1 aliphatic rings. The Bertz CT molecular complexity index is 611. The largest absolute Gasteiger partial charge is 0.394 e. The van der Waals surface area contributed by atoms with Gasteiger partial charge in [0.25, 0.3) is 0 Å². The maximum absolute atomic E-state index is 13.7. The molecule has 1 heterocycles. The molecule has 1 atom stereocenters. The first-order valence-electron chi connectivity index (χ1n) is 7.42. The zero-order chi connectivity index (χ0) is 14.7. The maximum Gasteiger partial charge on any atom is 0.127 e. The molecular formula is C16H20FN3O. The zero-order valence-electron chi connectivity index (χ0n) is 11.9. The smallest absolute Gasteiger partial charge is 0.127 e. The van der Waals surface area contributed by atoms with E-state index in [1.54, 1.807) is 12.1 Å². The lowest BCUT2D eigenvalue weighted by Crippen LogP contribution is -2.25. The Labute approximate surface area is 123 Å². The van der Waals surface area contributed by atoms with Crippen molar-refractivity contribution in [1.82, 2.24) is 15.1 Å². The monoisotopic (exact) mass is 289 g/mol. The summed E-state index contributed by atoms with van der Waals surface area (Å²) in [5.41, 5.74) is 3.07. The number of aliphatic hydroxyl groups is 1. The Morgan fingerprint density at radius 1 is 1.38 bits per heavy atom. The lowest BCUT2D eigenvalue weighted by atomic mass is 9.93. The minimum absolute atomic E-state index is 0.0987. The van der Waals surface area contributed by atoms with E-state index >= 15 is 0 Å². The highest BCUT2D eigenvalue weighted by Crippen LogP contribution is 2.29. The molecule has 0 saturated carbocycles. The van der Waals surface area contributed by atoms with E-state index in [9.17, 15) is 4.39 Å². The molecule has 4 nitrogen and oxygen atoms in total. The van der Waals surface area contributed by atoms with Gasteiger partial charge >= 0.3 is 0 Å². The second-order valence-electron chi connectivity index (χ2n) is 5.41. The Kier molecular flexibility index (Phi) is 4.31. The van der Waals surface area contributed by atoms with Crippen molar-refractivity contribution < 1.29 is 9.50 Å². The molecule has 1 aromatic heterocycles. The van der Waals surface area contributed by atoms with Crippen LogP contribution >= 0.6 is 0 Å². The predicted octanol–water partition coefficient (Wildman–Crippen LogP) is 2.18. The number of rotatable bonds is 5. The van der Waals surface area contributed by atoms with Gasteiger partial charge in [0.1, 0.15) is 5.82 Å². The summed E-state index contributed by atoms with van der Waals surface area (Å²) in [4.78, 5) is 0. The van der Waals surface area contributed by atoms with Crippen LogP contribution in [-0.4, -0.2) is 21.5 Å². The fourth-order valence-corrected chi connectivity index (χ4v) is 2.99. The number of benzene rings is 1. The van der Waals surface area contributed by atoms with Gasteiger partial charge < -0.3 is 10.4 Å². The van der Waals surface area contributed by atoms with E-state index in [2.05, 4.69) is 10.4 Å². The summed E-state index contributed by atoms with van der Waals surface area (Å²) in [6.45, 7) is 1.15. The van der Waals surface area contributed by atoms with E-state index in [4.69, 9.17) is 5.11 Å². The third kappa shape index (κ3) is 2.99. The summed E-state index contributed by atoms with van der Waals surface area (Å²) in [5.74, 6) is -0.169. The first kappa shape index (κ1) is 14.2. The molecule has 0 bridgehead atoms. The number of nitrogens with zero attached hydrogens (tertiary/aromatic N) is 2. The van der Waals surface area contributed by atoms with Crippen LogP contribution in [0.2, 0.25) is 0 Å². The summed E-state index contributed by atoms with van der Waals surface area (Å²) in [7, 11) is 0. The van der Waals surface area contributed by atoms with E-state index in [1.807, 2.05) is 16.9 Å². The van der Waals surface area contributed by atoms with E-state index in [-0.39, 0.29) is 18.5 Å². The van der Waals surface area contributed by atoms with Crippen molar-refractivity contribution >= 4 is 0 Å². The first-order chi connectivity index (χ1) is 10.3. The standard InChI is InChI=1S/C16H20FN3O/c17-14-5-2-1-4-12(14)10-18-15-6-3-7-16-13(15)11-19-20(16)8-9-21/h1-2,4-5,11,15,18,21H,3,6-10H2. The van der Waals surface area contributed by atoms with Crippen LogP contribution in [0.3, 0.4) is 0 Å². The molecular weight excluding hydrogens is 269 g/mol. The Morgan fingerprint density at radius 2 is 2.24 bits per heavy atom. The van der Waals surface area contributed by atoms with Gasteiger partial charge in [-0.05, 0) is 25.3 Å². The van der Waals surface area contributed by atoms with Crippen molar-refractivity contribution in [2.45, 2.75) is 38.4 Å². The molecule has 2 N–H and O–H groups in total. The quantitative estimate of drug-likeness (QED) is 0.887. The highest BCUT2D eigenvalue weighted by Gasteiger charge is 2.23. The molecule has 0 saturated heterocycles. The Morgan fingerprint density at radius 3 is 3.05 bits per heavy atom. The van der Waals surface area contributed by atoms with Gasteiger partial charge in [-0.2, -0.15) is 5.10 Å². The van der Waals surface area contributed by atoms with Crippen LogP contribution in [0.1, 0.15) is 35.7 Å². The maximum atomic E-state index is 13.7. The number of hydrogen-bond donors (Lipinski definition) is 2. The molecule has 5 heteroatoms. The van der Waals surface area contributed by atoms with Crippen molar-refractivity contribution in [3.05, 3.63) is 53.1 Å². The van der Waals surface area contributed by atoms with Crippen LogP contribution < -0.4 is 5.32 Å². The normalized spacial score (nSPS) is 17.7. The van der Waals surface area contributed by atoms with E-state index in [1.165, 1.54) is 17.3 Å². The van der Waals surface area contributed by atoms with Crippen LogP contribution in [0.5, 0.6) is 0 Å². The van der Waals surface area contributed by atoms with Gasteiger partial charge in [0, 0.05) is 29.4 Å². The molecule has 1 aliphatic carbocycles. The highest BCUT2D eigenvalue weighted by atomic mass is 19.1. The molecule has 112 valence electrons. The predicted molar refractivity (Wildman–Crippen MR) is 78.2 cm³/mol. The van der Waals surface area contributed by atoms with Gasteiger partial charge in [-0.25, -0.2) is 4.39 Å². The zero-order valence-corrected chi connectivity index (χ0v) is 11.9. The third-order valence-corrected chi connectivity index (χ3v) is 4.07. The molecule has 2 aromatic rings. The summed E-state index contributed by atoms with van der Waals surface area (Å²) in [6, 6.07) is 7.06. The van der Waals surface area contributed by atoms with Crippen LogP contribution in [-0.2, 0) is 19.5 Å². The van der Waals surface area contributed by atoms with Gasteiger partial charge in [0.05, 0.1) is 19.3 Å². The van der Waals surface area contributed by atoms with E-state index in [0.717, 1.165) is 19.3 Å². The van der Waals surface area contributed by atoms with Crippen LogP contribution in [0, 0.1) is 5.82 Å².